The van der Waals surface area contributed by atoms with Gasteiger partial charge in [-0.3, -0.25) is 9.36 Å². The van der Waals surface area contributed by atoms with Crippen LogP contribution >= 0.6 is 11.6 Å². The lowest BCUT2D eigenvalue weighted by molar-refractivity contribution is 0.187. The van der Waals surface area contributed by atoms with Crippen LogP contribution < -0.4 is 16.2 Å². The first-order valence-corrected chi connectivity index (χ1v) is 11.3. The lowest BCUT2D eigenvalue weighted by Crippen LogP contribution is -2.45. The van der Waals surface area contributed by atoms with E-state index in [2.05, 4.69) is 29.2 Å². The minimum atomic E-state index is -0.563. The van der Waals surface area contributed by atoms with E-state index in [1.54, 1.807) is 26.0 Å². The highest BCUT2D eigenvalue weighted by molar-refractivity contribution is 6.32. The molecule has 166 valence electrons. The summed E-state index contributed by atoms with van der Waals surface area (Å²) in [4.78, 5) is 20.2. The van der Waals surface area contributed by atoms with Crippen LogP contribution in [0.5, 0.6) is 0 Å². The monoisotopic (exact) mass is 452 g/mol. The van der Waals surface area contributed by atoms with Gasteiger partial charge in [-0.1, -0.05) is 41.9 Å². The van der Waals surface area contributed by atoms with Gasteiger partial charge in [-0.05, 0) is 61.8 Å². The van der Waals surface area contributed by atoms with Gasteiger partial charge in [0.25, 0.3) is 5.56 Å². The molecule has 2 heterocycles. The quantitative estimate of drug-likeness (QED) is 0.622. The van der Waals surface area contributed by atoms with Crippen LogP contribution in [-0.4, -0.2) is 22.6 Å². The Hall–Kier alpha value is -2.70. The summed E-state index contributed by atoms with van der Waals surface area (Å²) in [6.07, 6.45) is 2.90. The number of halogens is 2. The zero-order valence-corrected chi connectivity index (χ0v) is 19.0. The Morgan fingerprint density at radius 2 is 1.84 bits per heavy atom. The summed E-state index contributed by atoms with van der Waals surface area (Å²) >= 11 is 6.15. The molecule has 7 heteroatoms. The van der Waals surface area contributed by atoms with Crippen LogP contribution in [0.3, 0.4) is 0 Å². The molecule has 1 aliphatic carbocycles. The topological polar surface area (TPSA) is 64.2 Å². The fraction of sp³-hybridized carbons (Fsp3) is 0.360. The molecule has 0 amide bonds. The molecular weight excluding hydrogens is 427 g/mol. The molecule has 1 aromatic heterocycles. The third-order valence-electron chi connectivity index (χ3n) is 7.27. The molecule has 0 radical (unpaired) electrons. The summed E-state index contributed by atoms with van der Waals surface area (Å²) in [5, 5.41) is -0.0821. The molecule has 0 saturated carbocycles. The predicted octanol–water partition coefficient (Wildman–Crippen LogP) is 4.48. The van der Waals surface area contributed by atoms with E-state index < -0.39 is 5.82 Å². The summed E-state index contributed by atoms with van der Waals surface area (Å²) in [6, 6.07) is 13.0. The number of benzene rings is 2. The fourth-order valence-electron chi connectivity index (χ4n) is 5.42. The van der Waals surface area contributed by atoms with Gasteiger partial charge < -0.3 is 10.6 Å². The summed E-state index contributed by atoms with van der Waals surface area (Å²) < 4.78 is 15.4. The molecule has 5 rings (SSSR count). The molecule has 5 nitrogen and oxygen atoms in total. The highest BCUT2D eigenvalue weighted by Gasteiger charge is 2.46. The summed E-state index contributed by atoms with van der Waals surface area (Å²) in [7, 11) is 0. The molecule has 1 aliphatic heterocycles. The Balaban J connectivity index is 1.44. The van der Waals surface area contributed by atoms with Crippen LogP contribution in [0.25, 0.3) is 5.69 Å². The van der Waals surface area contributed by atoms with Crippen molar-refractivity contribution in [3.8, 4) is 5.69 Å². The molecule has 1 fully saturated rings. The number of piperidine rings is 1. The molecular formula is C25H26ClFN4O. The van der Waals surface area contributed by atoms with Gasteiger partial charge in [0.1, 0.15) is 22.5 Å². The lowest BCUT2D eigenvalue weighted by Gasteiger charge is -2.43. The number of anilines is 1. The minimum absolute atomic E-state index is 0.0414. The lowest BCUT2D eigenvalue weighted by atomic mass is 9.73. The highest BCUT2D eigenvalue weighted by Crippen LogP contribution is 2.51. The van der Waals surface area contributed by atoms with E-state index in [-0.39, 0.29) is 22.0 Å². The number of nitrogens with zero attached hydrogens (tertiary/aromatic N) is 3. The van der Waals surface area contributed by atoms with Crippen LogP contribution in [0.15, 0.2) is 47.3 Å². The van der Waals surface area contributed by atoms with Gasteiger partial charge in [-0.15, -0.1) is 0 Å². The van der Waals surface area contributed by atoms with Crippen LogP contribution in [-0.2, 0) is 6.42 Å². The van der Waals surface area contributed by atoms with Crippen molar-refractivity contribution in [2.24, 2.45) is 11.1 Å². The maximum Gasteiger partial charge on any atom is 0.263 e. The molecule has 1 spiro atoms. The summed E-state index contributed by atoms with van der Waals surface area (Å²) in [5.41, 5.74) is 9.99. The molecule has 32 heavy (non-hydrogen) atoms. The first-order valence-electron chi connectivity index (χ1n) is 11.0. The Morgan fingerprint density at radius 3 is 2.56 bits per heavy atom. The fourth-order valence-corrected chi connectivity index (χ4v) is 5.63. The normalized spacial score (nSPS) is 19.4. The van der Waals surface area contributed by atoms with E-state index in [4.69, 9.17) is 22.3 Å². The highest BCUT2D eigenvalue weighted by atomic mass is 35.5. The third kappa shape index (κ3) is 3.16. The number of aromatic nitrogens is 2. The molecule has 1 atom stereocenters. The van der Waals surface area contributed by atoms with E-state index in [0.29, 0.717) is 22.9 Å². The second kappa shape index (κ2) is 7.71. The SMILES string of the molecule is Cc1c(N2CCC3(CC2)Cc2ccccc2[C@H]3N)nc(C)n(-c2cccc(F)c2Cl)c1=O. The zero-order valence-electron chi connectivity index (χ0n) is 18.2. The van der Waals surface area contributed by atoms with E-state index in [9.17, 15) is 9.18 Å². The van der Waals surface area contributed by atoms with Crippen LogP contribution in [0.1, 0.15) is 41.4 Å². The molecule has 2 aromatic carbocycles. The second-order valence-corrected chi connectivity index (χ2v) is 9.40. The number of rotatable bonds is 2. The van der Waals surface area contributed by atoms with E-state index in [1.165, 1.54) is 21.8 Å². The number of nitrogens with two attached hydrogens (primary N) is 1. The van der Waals surface area contributed by atoms with Gasteiger partial charge in [-0.25, -0.2) is 9.37 Å². The van der Waals surface area contributed by atoms with Crippen molar-refractivity contribution in [2.45, 2.75) is 39.2 Å². The molecule has 0 unspecified atom stereocenters. The largest absolute Gasteiger partial charge is 0.356 e. The van der Waals surface area contributed by atoms with E-state index >= 15 is 0 Å². The molecule has 2 aliphatic rings. The summed E-state index contributed by atoms with van der Waals surface area (Å²) in [5.74, 6) is 0.607. The molecule has 3 aromatic rings. The maximum atomic E-state index is 14.0. The Morgan fingerprint density at radius 1 is 1.12 bits per heavy atom. The van der Waals surface area contributed by atoms with Crippen molar-refractivity contribution < 1.29 is 4.39 Å². The van der Waals surface area contributed by atoms with E-state index in [0.717, 1.165) is 32.4 Å². The van der Waals surface area contributed by atoms with Crippen molar-refractivity contribution in [3.05, 3.63) is 86.2 Å². The Bertz CT molecular complexity index is 1260. The maximum absolute atomic E-state index is 14.0. The number of fused-ring (bicyclic) bond motifs is 1. The number of hydrogen-bond acceptors (Lipinski definition) is 4. The van der Waals surface area contributed by atoms with Crippen molar-refractivity contribution >= 4 is 17.4 Å². The van der Waals surface area contributed by atoms with Gasteiger partial charge in [-0.2, -0.15) is 0 Å². The van der Waals surface area contributed by atoms with Crippen molar-refractivity contribution in [3.63, 3.8) is 0 Å². The number of hydrogen-bond donors (Lipinski definition) is 1. The molecule has 0 bridgehead atoms. The van der Waals surface area contributed by atoms with Gasteiger partial charge >= 0.3 is 0 Å². The van der Waals surface area contributed by atoms with Crippen molar-refractivity contribution in [1.82, 2.24) is 9.55 Å². The van der Waals surface area contributed by atoms with Crippen LogP contribution in [0.2, 0.25) is 5.02 Å². The Labute approximate surface area is 191 Å². The third-order valence-corrected chi connectivity index (χ3v) is 7.65. The summed E-state index contributed by atoms with van der Waals surface area (Å²) in [6.45, 7) is 5.11. The standard InChI is InChI=1S/C25H26ClFN4O/c1-15-23(29-16(2)31(24(15)32)20-9-5-8-19(27)21(20)26)30-12-10-25(11-13-30)14-17-6-3-4-7-18(17)22(25)28/h3-9,22H,10-14,28H2,1-2H3/t22-/m1/s1. The van der Waals surface area contributed by atoms with Gasteiger partial charge in [0, 0.05) is 19.1 Å². The average molecular weight is 453 g/mol. The zero-order chi connectivity index (χ0) is 22.6. The van der Waals surface area contributed by atoms with Gasteiger partial charge in [0.05, 0.1) is 11.3 Å². The molecule has 1 saturated heterocycles. The minimum Gasteiger partial charge on any atom is -0.356 e. The number of aryl methyl sites for hydroxylation is 1. The first-order chi connectivity index (χ1) is 15.3. The van der Waals surface area contributed by atoms with Crippen LogP contribution in [0.4, 0.5) is 10.2 Å². The van der Waals surface area contributed by atoms with Gasteiger partial charge in [0.2, 0.25) is 0 Å². The van der Waals surface area contributed by atoms with Crippen molar-refractivity contribution in [2.75, 3.05) is 18.0 Å². The smallest absolute Gasteiger partial charge is 0.263 e. The van der Waals surface area contributed by atoms with Crippen LogP contribution in [0, 0.1) is 25.1 Å². The van der Waals surface area contributed by atoms with Crippen molar-refractivity contribution in [1.29, 1.82) is 0 Å². The van der Waals surface area contributed by atoms with E-state index in [1.807, 2.05) is 0 Å². The Kier molecular flexibility index (Phi) is 5.10. The predicted molar refractivity (Wildman–Crippen MR) is 125 cm³/mol. The average Bonchev–Trinajstić information content (AvgIpc) is 3.06. The molecule has 2 N–H and O–H groups in total. The second-order valence-electron chi connectivity index (χ2n) is 9.02. The first kappa shape index (κ1) is 21.2. The van der Waals surface area contributed by atoms with Gasteiger partial charge in [0.15, 0.2) is 0 Å².